The number of nitrogens with zero attached hydrogens (tertiary/aromatic N) is 1. The molecule has 1 aliphatic rings. The Balaban J connectivity index is 1.68. The number of carbonyl (C=O) groups excluding carboxylic acids is 3. The normalized spacial score (nSPS) is 14.2. The maximum Gasteiger partial charge on any atom is 0.318 e. The first-order valence-electron chi connectivity index (χ1n) is 9.79. The number of rotatable bonds is 6. The molecule has 3 N–H and O–H groups in total. The number of carbonyl (C=O) groups is 3. The van der Waals surface area contributed by atoms with Crippen LogP contribution in [0.4, 0.5) is 16.2 Å². The van der Waals surface area contributed by atoms with Gasteiger partial charge in [0, 0.05) is 37.8 Å². The maximum atomic E-state index is 12.9. The lowest BCUT2D eigenvalue weighted by atomic mass is 10.1. The molecule has 0 radical (unpaired) electrons. The highest BCUT2D eigenvalue weighted by atomic mass is 16.2. The van der Waals surface area contributed by atoms with E-state index in [1.807, 2.05) is 30.3 Å². The van der Waals surface area contributed by atoms with Crippen LogP contribution in [0.25, 0.3) is 0 Å². The Morgan fingerprint density at radius 1 is 0.897 bits per heavy atom. The zero-order valence-electron chi connectivity index (χ0n) is 16.5. The number of nitrogens with one attached hydrogen (secondary N) is 3. The van der Waals surface area contributed by atoms with E-state index in [9.17, 15) is 14.4 Å². The lowest BCUT2D eigenvalue weighted by Gasteiger charge is -2.23. The molecule has 1 aliphatic heterocycles. The van der Waals surface area contributed by atoms with Crippen LogP contribution in [0.3, 0.4) is 0 Å². The van der Waals surface area contributed by atoms with Crippen molar-refractivity contribution in [2.24, 2.45) is 0 Å². The van der Waals surface area contributed by atoms with Crippen LogP contribution in [-0.2, 0) is 16.0 Å². The Labute approximate surface area is 170 Å². The van der Waals surface area contributed by atoms with Gasteiger partial charge in [0.2, 0.25) is 11.8 Å². The van der Waals surface area contributed by atoms with Crippen LogP contribution in [0.2, 0.25) is 0 Å². The molecule has 0 spiro atoms. The number of likely N-dealkylation sites (tertiary alicyclic amines) is 1. The summed E-state index contributed by atoms with van der Waals surface area (Å²) in [4.78, 5) is 38.3. The minimum absolute atomic E-state index is 0.158. The van der Waals surface area contributed by atoms with Crippen molar-refractivity contribution in [3.8, 4) is 0 Å². The zero-order valence-corrected chi connectivity index (χ0v) is 16.5. The van der Waals surface area contributed by atoms with Crippen LogP contribution < -0.4 is 16.0 Å². The summed E-state index contributed by atoms with van der Waals surface area (Å²) in [6.45, 7) is 2.87. The van der Waals surface area contributed by atoms with E-state index >= 15 is 0 Å². The van der Waals surface area contributed by atoms with Crippen molar-refractivity contribution < 1.29 is 14.4 Å². The topological polar surface area (TPSA) is 90.5 Å². The Hall–Kier alpha value is -3.35. The first-order valence-corrected chi connectivity index (χ1v) is 9.79. The van der Waals surface area contributed by atoms with Gasteiger partial charge in [-0.05, 0) is 42.7 Å². The van der Waals surface area contributed by atoms with Crippen molar-refractivity contribution in [1.29, 1.82) is 0 Å². The molecule has 7 nitrogen and oxygen atoms in total. The average molecular weight is 394 g/mol. The summed E-state index contributed by atoms with van der Waals surface area (Å²) in [6, 6.07) is 15.6. The first-order chi connectivity index (χ1) is 14.0. The fourth-order valence-corrected chi connectivity index (χ4v) is 3.29. The standard InChI is InChI=1S/C22H26N4O3/c1-16(27)23-18-9-11-19(12-10-18)24-21(28)20(15-17-7-3-2-4-8-17)25-22(29)26-13-5-6-14-26/h2-4,7-12,20H,5-6,13-15H2,1H3,(H,23,27)(H,24,28)(H,25,29). The van der Waals surface area contributed by atoms with Crippen LogP contribution >= 0.6 is 0 Å². The highest BCUT2D eigenvalue weighted by Crippen LogP contribution is 2.15. The zero-order chi connectivity index (χ0) is 20.6. The molecule has 1 unspecified atom stereocenters. The Morgan fingerprint density at radius 3 is 2.07 bits per heavy atom. The molecule has 152 valence electrons. The van der Waals surface area contributed by atoms with Crippen molar-refractivity contribution in [2.75, 3.05) is 23.7 Å². The summed E-state index contributed by atoms with van der Waals surface area (Å²) < 4.78 is 0. The van der Waals surface area contributed by atoms with Gasteiger partial charge in [-0.15, -0.1) is 0 Å². The molecular formula is C22H26N4O3. The highest BCUT2D eigenvalue weighted by Gasteiger charge is 2.25. The molecule has 0 saturated carbocycles. The van der Waals surface area contributed by atoms with Gasteiger partial charge < -0.3 is 20.9 Å². The molecule has 1 heterocycles. The Morgan fingerprint density at radius 2 is 1.48 bits per heavy atom. The lowest BCUT2D eigenvalue weighted by molar-refractivity contribution is -0.118. The highest BCUT2D eigenvalue weighted by molar-refractivity contribution is 5.97. The minimum Gasteiger partial charge on any atom is -0.326 e. The van der Waals surface area contributed by atoms with Crippen molar-refractivity contribution in [1.82, 2.24) is 10.2 Å². The SMILES string of the molecule is CC(=O)Nc1ccc(NC(=O)C(Cc2ccccc2)NC(=O)N2CCCC2)cc1. The van der Waals surface area contributed by atoms with Gasteiger partial charge in [-0.3, -0.25) is 9.59 Å². The van der Waals surface area contributed by atoms with Crippen LogP contribution in [0, 0.1) is 0 Å². The number of amides is 4. The molecule has 2 aromatic rings. The molecule has 3 rings (SSSR count). The molecule has 1 fully saturated rings. The van der Waals surface area contributed by atoms with Gasteiger partial charge in [0.1, 0.15) is 6.04 Å². The van der Waals surface area contributed by atoms with Crippen molar-refractivity contribution in [3.63, 3.8) is 0 Å². The van der Waals surface area contributed by atoms with E-state index in [0.29, 0.717) is 17.8 Å². The van der Waals surface area contributed by atoms with Crippen molar-refractivity contribution in [2.45, 2.75) is 32.2 Å². The van der Waals surface area contributed by atoms with E-state index in [0.717, 1.165) is 31.5 Å². The fourth-order valence-electron chi connectivity index (χ4n) is 3.29. The molecule has 1 saturated heterocycles. The third-order valence-corrected chi connectivity index (χ3v) is 4.76. The Kier molecular flexibility index (Phi) is 6.84. The van der Waals surface area contributed by atoms with Crippen LogP contribution in [0.15, 0.2) is 54.6 Å². The summed E-state index contributed by atoms with van der Waals surface area (Å²) in [5.74, 6) is -0.442. The van der Waals surface area contributed by atoms with Crippen molar-refractivity contribution in [3.05, 3.63) is 60.2 Å². The fraction of sp³-hybridized carbons (Fsp3) is 0.318. The predicted octanol–water partition coefficient (Wildman–Crippen LogP) is 3.00. The van der Waals surface area contributed by atoms with Gasteiger partial charge >= 0.3 is 6.03 Å². The number of hydrogen-bond acceptors (Lipinski definition) is 3. The number of anilines is 2. The number of hydrogen-bond donors (Lipinski definition) is 3. The molecule has 0 aromatic heterocycles. The summed E-state index contributed by atoms with van der Waals surface area (Å²) in [6.07, 6.45) is 2.38. The van der Waals surface area contributed by atoms with Gasteiger partial charge in [-0.25, -0.2) is 4.79 Å². The van der Waals surface area contributed by atoms with Crippen molar-refractivity contribution >= 4 is 29.2 Å². The summed E-state index contributed by atoms with van der Waals surface area (Å²) >= 11 is 0. The molecular weight excluding hydrogens is 368 g/mol. The molecule has 0 bridgehead atoms. The van der Waals surface area contributed by atoms with Gasteiger partial charge in [0.05, 0.1) is 0 Å². The predicted molar refractivity (Wildman–Crippen MR) is 113 cm³/mol. The van der Waals surface area contributed by atoms with E-state index < -0.39 is 6.04 Å². The molecule has 2 aromatic carbocycles. The molecule has 4 amide bonds. The second kappa shape index (κ2) is 9.73. The van der Waals surface area contributed by atoms with E-state index in [1.165, 1.54) is 6.92 Å². The van der Waals surface area contributed by atoms with E-state index in [2.05, 4.69) is 16.0 Å². The molecule has 29 heavy (non-hydrogen) atoms. The van der Waals surface area contributed by atoms with Gasteiger partial charge in [0.15, 0.2) is 0 Å². The third kappa shape index (κ3) is 6.07. The molecule has 0 aliphatic carbocycles. The second-order valence-corrected chi connectivity index (χ2v) is 7.13. The number of urea groups is 1. The van der Waals surface area contributed by atoms with Gasteiger partial charge in [-0.1, -0.05) is 30.3 Å². The van der Waals surface area contributed by atoms with Gasteiger partial charge in [0.25, 0.3) is 0 Å². The van der Waals surface area contributed by atoms with Gasteiger partial charge in [-0.2, -0.15) is 0 Å². The summed E-state index contributed by atoms with van der Waals surface area (Å²) in [7, 11) is 0. The van der Waals surface area contributed by atoms with E-state index in [1.54, 1.807) is 29.2 Å². The van der Waals surface area contributed by atoms with E-state index in [4.69, 9.17) is 0 Å². The minimum atomic E-state index is -0.694. The second-order valence-electron chi connectivity index (χ2n) is 7.13. The first kappa shape index (κ1) is 20.4. The third-order valence-electron chi connectivity index (χ3n) is 4.76. The largest absolute Gasteiger partial charge is 0.326 e. The molecule has 1 atom stereocenters. The summed E-state index contributed by atoms with van der Waals surface area (Å²) in [5, 5.41) is 8.42. The van der Waals surface area contributed by atoms with Crippen LogP contribution in [0.5, 0.6) is 0 Å². The van der Waals surface area contributed by atoms with E-state index in [-0.39, 0.29) is 17.8 Å². The monoisotopic (exact) mass is 394 g/mol. The summed E-state index contributed by atoms with van der Waals surface area (Å²) in [5.41, 5.74) is 2.21. The number of benzene rings is 2. The maximum absolute atomic E-state index is 12.9. The van der Waals surface area contributed by atoms with Crippen LogP contribution in [-0.4, -0.2) is 41.9 Å². The van der Waals surface area contributed by atoms with Crippen LogP contribution in [0.1, 0.15) is 25.3 Å². The quantitative estimate of drug-likeness (QED) is 0.703. The molecule has 7 heteroatoms. The lowest BCUT2D eigenvalue weighted by Crippen LogP contribution is -2.49. The average Bonchev–Trinajstić information content (AvgIpc) is 3.24. The smallest absolute Gasteiger partial charge is 0.318 e. The Bertz CT molecular complexity index is 846.